The minimum Gasteiger partial charge on any atom is -0.491 e. The summed E-state index contributed by atoms with van der Waals surface area (Å²) in [5.74, 6) is -6.94. The van der Waals surface area contributed by atoms with Crippen LogP contribution in [-0.4, -0.2) is 23.3 Å². The molecule has 0 unspecified atom stereocenters. The SMILES string of the molecule is COc1c(F)c(F)cc(-c2cc(C(=O)O)on2)c1F. The van der Waals surface area contributed by atoms with Crippen LogP contribution in [0.5, 0.6) is 5.75 Å². The van der Waals surface area contributed by atoms with Gasteiger partial charge in [-0.05, 0) is 6.07 Å². The van der Waals surface area contributed by atoms with Gasteiger partial charge in [0.25, 0.3) is 0 Å². The molecule has 1 N–H and O–H groups in total. The molecule has 0 atom stereocenters. The lowest BCUT2D eigenvalue weighted by Crippen LogP contribution is -1.99. The van der Waals surface area contributed by atoms with Crippen LogP contribution < -0.4 is 4.74 Å². The van der Waals surface area contributed by atoms with E-state index < -0.39 is 40.5 Å². The molecule has 0 radical (unpaired) electrons. The van der Waals surface area contributed by atoms with E-state index in [1.807, 2.05) is 0 Å². The second-order valence-electron chi connectivity index (χ2n) is 3.45. The van der Waals surface area contributed by atoms with Crippen molar-refractivity contribution < 1.29 is 32.3 Å². The van der Waals surface area contributed by atoms with Crippen molar-refractivity contribution in [2.24, 2.45) is 0 Å². The quantitative estimate of drug-likeness (QED) is 0.869. The average Bonchev–Trinajstić information content (AvgIpc) is 2.84. The first-order valence-electron chi connectivity index (χ1n) is 4.87. The van der Waals surface area contributed by atoms with Gasteiger partial charge in [-0.1, -0.05) is 5.16 Å². The summed E-state index contributed by atoms with van der Waals surface area (Å²) in [5.41, 5.74) is -0.751. The molecule has 0 amide bonds. The third-order valence-corrected chi connectivity index (χ3v) is 2.32. The summed E-state index contributed by atoms with van der Waals surface area (Å²) in [4.78, 5) is 10.6. The van der Waals surface area contributed by atoms with Gasteiger partial charge < -0.3 is 14.4 Å². The number of benzene rings is 1. The van der Waals surface area contributed by atoms with Gasteiger partial charge in [0, 0.05) is 11.6 Å². The molecule has 0 saturated carbocycles. The molecule has 5 nitrogen and oxygen atoms in total. The maximum absolute atomic E-state index is 13.8. The van der Waals surface area contributed by atoms with Crippen LogP contribution >= 0.6 is 0 Å². The highest BCUT2D eigenvalue weighted by Crippen LogP contribution is 2.32. The van der Waals surface area contributed by atoms with Crippen LogP contribution in [0.4, 0.5) is 13.2 Å². The number of methoxy groups -OCH3 is 1. The summed E-state index contributed by atoms with van der Waals surface area (Å²) in [6, 6.07) is 1.42. The second kappa shape index (κ2) is 4.63. The van der Waals surface area contributed by atoms with Gasteiger partial charge in [-0.25, -0.2) is 13.6 Å². The number of carboxylic acid groups (broad SMARTS) is 1. The summed E-state index contributed by atoms with van der Waals surface area (Å²) >= 11 is 0. The van der Waals surface area contributed by atoms with Crippen LogP contribution in [0.3, 0.4) is 0 Å². The van der Waals surface area contributed by atoms with Gasteiger partial charge in [0.1, 0.15) is 5.69 Å². The van der Waals surface area contributed by atoms with Crippen molar-refractivity contribution >= 4 is 5.97 Å². The Balaban J connectivity index is 2.61. The molecule has 0 aliphatic rings. The first-order chi connectivity index (χ1) is 8.95. The predicted molar refractivity (Wildman–Crippen MR) is 55.3 cm³/mol. The van der Waals surface area contributed by atoms with Crippen molar-refractivity contribution in [1.82, 2.24) is 5.16 Å². The Morgan fingerprint density at radius 2 is 2.00 bits per heavy atom. The number of carboxylic acids is 1. The van der Waals surface area contributed by atoms with E-state index in [1.165, 1.54) is 0 Å². The van der Waals surface area contributed by atoms with Crippen molar-refractivity contribution in [2.75, 3.05) is 7.11 Å². The summed E-state index contributed by atoms with van der Waals surface area (Å²) in [7, 11) is 0.968. The topological polar surface area (TPSA) is 72.6 Å². The molecule has 1 aromatic heterocycles. The van der Waals surface area contributed by atoms with E-state index in [0.717, 1.165) is 13.2 Å². The molecular formula is C11H6F3NO4. The zero-order valence-electron chi connectivity index (χ0n) is 9.41. The van der Waals surface area contributed by atoms with Gasteiger partial charge in [-0.15, -0.1) is 0 Å². The zero-order chi connectivity index (χ0) is 14.2. The van der Waals surface area contributed by atoms with Crippen molar-refractivity contribution in [3.05, 3.63) is 35.3 Å². The highest BCUT2D eigenvalue weighted by molar-refractivity contribution is 5.85. The summed E-state index contributed by atoms with van der Waals surface area (Å²) < 4.78 is 49.1. The smallest absolute Gasteiger partial charge is 0.374 e. The Kier molecular flexibility index (Phi) is 3.16. The fourth-order valence-corrected chi connectivity index (χ4v) is 1.45. The van der Waals surface area contributed by atoms with Gasteiger partial charge in [-0.2, -0.15) is 4.39 Å². The first-order valence-corrected chi connectivity index (χ1v) is 4.87. The number of halogens is 3. The van der Waals surface area contributed by atoms with Gasteiger partial charge in [0.2, 0.25) is 11.6 Å². The highest BCUT2D eigenvalue weighted by Gasteiger charge is 2.23. The molecule has 1 heterocycles. The van der Waals surface area contributed by atoms with Crippen LogP contribution in [0.15, 0.2) is 16.7 Å². The van der Waals surface area contributed by atoms with E-state index in [9.17, 15) is 18.0 Å². The minimum absolute atomic E-state index is 0.285. The second-order valence-corrected chi connectivity index (χ2v) is 3.45. The third kappa shape index (κ3) is 2.12. The Morgan fingerprint density at radius 3 is 2.53 bits per heavy atom. The molecule has 1 aromatic carbocycles. The molecule has 2 rings (SSSR count). The Hall–Kier alpha value is -2.51. The molecule has 8 heteroatoms. The summed E-state index contributed by atoms with van der Waals surface area (Å²) in [6.07, 6.45) is 0. The minimum atomic E-state index is -1.48. The number of hydrogen-bond donors (Lipinski definition) is 1. The Labute approximate surface area is 104 Å². The zero-order valence-corrected chi connectivity index (χ0v) is 9.41. The van der Waals surface area contributed by atoms with E-state index >= 15 is 0 Å². The van der Waals surface area contributed by atoms with Crippen LogP contribution in [0.1, 0.15) is 10.6 Å². The molecule has 2 aromatic rings. The number of hydrogen-bond acceptors (Lipinski definition) is 4. The monoisotopic (exact) mass is 273 g/mol. The van der Waals surface area contributed by atoms with Crippen molar-refractivity contribution in [3.8, 4) is 17.0 Å². The van der Waals surface area contributed by atoms with E-state index in [-0.39, 0.29) is 5.69 Å². The fourth-order valence-electron chi connectivity index (χ4n) is 1.45. The Morgan fingerprint density at radius 1 is 1.32 bits per heavy atom. The van der Waals surface area contributed by atoms with E-state index in [2.05, 4.69) is 14.4 Å². The number of aromatic nitrogens is 1. The number of nitrogens with zero attached hydrogens (tertiary/aromatic N) is 1. The number of rotatable bonds is 3. The molecular weight excluding hydrogens is 267 g/mol. The highest BCUT2D eigenvalue weighted by atomic mass is 19.2. The van der Waals surface area contributed by atoms with Gasteiger partial charge >= 0.3 is 5.97 Å². The maximum Gasteiger partial charge on any atom is 0.374 e. The van der Waals surface area contributed by atoms with Crippen molar-refractivity contribution in [2.45, 2.75) is 0 Å². The molecule has 0 fully saturated rings. The molecule has 0 spiro atoms. The molecule has 19 heavy (non-hydrogen) atoms. The van der Waals surface area contributed by atoms with Crippen LogP contribution in [0, 0.1) is 17.5 Å². The van der Waals surface area contributed by atoms with Crippen LogP contribution in [-0.2, 0) is 0 Å². The average molecular weight is 273 g/mol. The van der Waals surface area contributed by atoms with Crippen LogP contribution in [0.25, 0.3) is 11.3 Å². The predicted octanol–water partition coefficient (Wildman–Crippen LogP) is 2.47. The largest absolute Gasteiger partial charge is 0.491 e. The number of ether oxygens (including phenoxy) is 1. The normalized spacial score (nSPS) is 10.5. The fraction of sp³-hybridized carbons (Fsp3) is 0.0909. The third-order valence-electron chi connectivity index (χ3n) is 2.32. The molecule has 0 bridgehead atoms. The lowest BCUT2D eigenvalue weighted by Gasteiger charge is -2.07. The maximum atomic E-state index is 13.8. The van der Waals surface area contributed by atoms with Gasteiger partial charge in [0.05, 0.1) is 7.11 Å². The number of carbonyl (C=O) groups is 1. The molecule has 100 valence electrons. The van der Waals surface area contributed by atoms with E-state index in [4.69, 9.17) is 5.11 Å². The van der Waals surface area contributed by atoms with E-state index in [1.54, 1.807) is 0 Å². The van der Waals surface area contributed by atoms with Crippen molar-refractivity contribution in [3.63, 3.8) is 0 Å². The van der Waals surface area contributed by atoms with Crippen LogP contribution in [0.2, 0.25) is 0 Å². The Bertz CT molecular complexity index is 654. The molecule has 0 aliphatic carbocycles. The lowest BCUT2D eigenvalue weighted by atomic mass is 10.1. The summed E-state index contributed by atoms with van der Waals surface area (Å²) in [6.45, 7) is 0. The van der Waals surface area contributed by atoms with E-state index in [0.29, 0.717) is 6.07 Å². The molecule has 0 aliphatic heterocycles. The molecule has 0 saturated heterocycles. The first kappa shape index (κ1) is 12.9. The lowest BCUT2D eigenvalue weighted by molar-refractivity contribution is 0.0652. The van der Waals surface area contributed by atoms with Crippen molar-refractivity contribution in [1.29, 1.82) is 0 Å². The van der Waals surface area contributed by atoms with Gasteiger partial charge in [0.15, 0.2) is 17.4 Å². The number of aromatic carboxylic acids is 1. The van der Waals surface area contributed by atoms with Gasteiger partial charge in [-0.3, -0.25) is 0 Å². The summed E-state index contributed by atoms with van der Waals surface area (Å²) in [5, 5.41) is 11.9. The standard InChI is InChI=1S/C11H6F3NO4/c1-18-10-8(13)4(2-5(12)9(10)14)6-3-7(11(16)17)19-15-6/h2-3H,1H3,(H,16,17).